The van der Waals surface area contributed by atoms with Crippen LogP contribution >= 0.6 is 0 Å². The number of carbonyl (C=O) groups is 2. The fourth-order valence-electron chi connectivity index (χ4n) is 4.05. The van der Waals surface area contributed by atoms with Crippen LogP contribution in [0.5, 0.6) is 5.75 Å². The number of likely N-dealkylation sites (tertiary alicyclic amines) is 1. The van der Waals surface area contributed by atoms with Crippen LogP contribution < -0.4 is 15.4 Å². The van der Waals surface area contributed by atoms with E-state index >= 15 is 0 Å². The van der Waals surface area contributed by atoms with Crippen LogP contribution in [-0.4, -0.2) is 36.9 Å². The van der Waals surface area contributed by atoms with Gasteiger partial charge in [-0.25, -0.2) is 0 Å². The number of ether oxygens (including phenoxy) is 1. The highest BCUT2D eigenvalue weighted by Crippen LogP contribution is 2.26. The Morgan fingerprint density at radius 3 is 2.27 bits per heavy atom. The van der Waals surface area contributed by atoms with E-state index in [1.165, 1.54) is 0 Å². The van der Waals surface area contributed by atoms with E-state index in [2.05, 4.69) is 10.6 Å². The van der Waals surface area contributed by atoms with Gasteiger partial charge in [-0.1, -0.05) is 42.5 Å². The molecule has 3 aromatic rings. The minimum atomic E-state index is -0.0644. The van der Waals surface area contributed by atoms with Gasteiger partial charge in [-0.05, 0) is 54.8 Å². The van der Waals surface area contributed by atoms with Crippen LogP contribution in [0, 0.1) is 5.92 Å². The number of rotatable bonds is 7. The van der Waals surface area contributed by atoms with Gasteiger partial charge in [0.05, 0.1) is 18.4 Å². The molecule has 0 saturated carbocycles. The number of methoxy groups -OCH3 is 1. The number of nitrogens with zero attached hydrogens (tertiary/aromatic N) is 1. The first-order valence-corrected chi connectivity index (χ1v) is 11.2. The second-order valence-electron chi connectivity index (χ2n) is 8.17. The topological polar surface area (TPSA) is 70.7 Å². The summed E-state index contributed by atoms with van der Waals surface area (Å²) in [6.07, 6.45) is 1.33. The number of anilines is 2. The third-order valence-electron chi connectivity index (χ3n) is 5.99. The van der Waals surface area contributed by atoms with Crippen LogP contribution in [0.1, 0.15) is 28.8 Å². The lowest BCUT2D eigenvalue weighted by Crippen LogP contribution is -2.43. The minimum absolute atomic E-state index is 0.0187. The molecule has 1 fully saturated rings. The smallest absolute Gasteiger partial charge is 0.255 e. The first kappa shape index (κ1) is 22.4. The molecule has 1 heterocycles. The quantitative estimate of drug-likeness (QED) is 0.560. The highest BCUT2D eigenvalue weighted by molar-refractivity contribution is 6.00. The highest BCUT2D eigenvalue weighted by atomic mass is 16.5. The zero-order chi connectivity index (χ0) is 23.0. The molecular weight excluding hydrogens is 414 g/mol. The molecule has 33 heavy (non-hydrogen) atoms. The molecule has 3 aromatic carbocycles. The average molecular weight is 444 g/mol. The Balaban J connectivity index is 1.34. The average Bonchev–Trinajstić information content (AvgIpc) is 2.88. The lowest BCUT2D eigenvalue weighted by Gasteiger charge is -2.32. The maximum Gasteiger partial charge on any atom is 0.255 e. The van der Waals surface area contributed by atoms with Gasteiger partial charge in [0.2, 0.25) is 5.91 Å². The molecule has 0 bridgehead atoms. The number of piperidine rings is 1. The van der Waals surface area contributed by atoms with E-state index in [1.54, 1.807) is 7.11 Å². The number of amides is 2. The Morgan fingerprint density at radius 2 is 1.58 bits per heavy atom. The van der Waals surface area contributed by atoms with E-state index in [1.807, 2.05) is 83.8 Å². The SMILES string of the molecule is COc1ccc(Nc2ccccc2C(=O)N2CCC(C(=O)NCc3ccccc3)CC2)cc1. The summed E-state index contributed by atoms with van der Waals surface area (Å²) >= 11 is 0. The highest BCUT2D eigenvalue weighted by Gasteiger charge is 2.28. The zero-order valence-corrected chi connectivity index (χ0v) is 18.8. The van der Waals surface area contributed by atoms with Crippen LogP contribution in [0.15, 0.2) is 78.9 Å². The predicted octanol–water partition coefficient (Wildman–Crippen LogP) is 4.61. The molecular formula is C27H29N3O3. The van der Waals surface area contributed by atoms with Gasteiger partial charge in [-0.3, -0.25) is 9.59 Å². The van der Waals surface area contributed by atoms with Crippen LogP contribution in [0.2, 0.25) is 0 Å². The molecule has 0 aromatic heterocycles. The molecule has 0 aliphatic carbocycles. The van der Waals surface area contributed by atoms with Crippen molar-refractivity contribution < 1.29 is 14.3 Å². The molecule has 0 unspecified atom stereocenters. The van der Waals surface area contributed by atoms with Crippen LogP contribution in [0.4, 0.5) is 11.4 Å². The molecule has 1 aliphatic heterocycles. The standard InChI is InChI=1S/C27H29N3O3/c1-33-23-13-11-22(12-14-23)29-25-10-6-5-9-24(25)27(32)30-17-15-21(16-18-30)26(31)28-19-20-7-3-2-4-8-20/h2-14,21,29H,15-19H2,1H3,(H,28,31). The van der Waals surface area contributed by atoms with E-state index in [0.29, 0.717) is 38.0 Å². The van der Waals surface area contributed by atoms with Crippen molar-refractivity contribution in [2.24, 2.45) is 5.92 Å². The molecule has 0 spiro atoms. The summed E-state index contributed by atoms with van der Waals surface area (Å²) in [5.74, 6) is 0.758. The van der Waals surface area contributed by atoms with Gasteiger partial charge in [-0.15, -0.1) is 0 Å². The molecule has 2 N–H and O–H groups in total. The van der Waals surface area contributed by atoms with Crippen molar-refractivity contribution in [3.63, 3.8) is 0 Å². The van der Waals surface area contributed by atoms with E-state index in [4.69, 9.17) is 4.74 Å². The molecule has 1 aliphatic rings. The van der Waals surface area contributed by atoms with Crippen molar-refractivity contribution in [3.05, 3.63) is 90.0 Å². The third kappa shape index (κ3) is 5.71. The Labute approximate surface area is 194 Å². The molecule has 1 saturated heterocycles. The van der Waals surface area contributed by atoms with Gasteiger partial charge in [0.1, 0.15) is 5.75 Å². The normalized spacial score (nSPS) is 13.9. The number of para-hydroxylation sites is 1. The van der Waals surface area contributed by atoms with Gasteiger partial charge >= 0.3 is 0 Å². The van der Waals surface area contributed by atoms with Crippen molar-refractivity contribution in [2.45, 2.75) is 19.4 Å². The predicted molar refractivity (Wildman–Crippen MR) is 130 cm³/mol. The summed E-state index contributed by atoms with van der Waals surface area (Å²) in [4.78, 5) is 27.7. The first-order chi connectivity index (χ1) is 16.1. The summed E-state index contributed by atoms with van der Waals surface area (Å²) in [6.45, 7) is 1.67. The number of nitrogens with one attached hydrogen (secondary N) is 2. The zero-order valence-electron chi connectivity index (χ0n) is 18.8. The molecule has 0 atom stereocenters. The third-order valence-corrected chi connectivity index (χ3v) is 5.99. The van der Waals surface area contributed by atoms with Gasteiger partial charge in [0.15, 0.2) is 0 Å². The maximum atomic E-state index is 13.3. The van der Waals surface area contributed by atoms with E-state index in [9.17, 15) is 9.59 Å². The number of benzene rings is 3. The lowest BCUT2D eigenvalue weighted by molar-refractivity contribution is -0.126. The van der Waals surface area contributed by atoms with E-state index in [-0.39, 0.29) is 17.7 Å². The fourth-order valence-corrected chi connectivity index (χ4v) is 4.05. The molecule has 6 heteroatoms. The maximum absolute atomic E-state index is 13.3. The Kier molecular flexibility index (Phi) is 7.25. The summed E-state index contributed by atoms with van der Waals surface area (Å²) in [7, 11) is 1.63. The van der Waals surface area contributed by atoms with Crippen LogP contribution in [-0.2, 0) is 11.3 Å². The summed E-state index contributed by atoms with van der Waals surface area (Å²) in [5.41, 5.74) is 3.35. The Hall–Kier alpha value is -3.80. The molecule has 0 radical (unpaired) electrons. The van der Waals surface area contributed by atoms with Gasteiger partial charge in [0.25, 0.3) is 5.91 Å². The molecule has 6 nitrogen and oxygen atoms in total. The largest absolute Gasteiger partial charge is 0.497 e. The first-order valence-electron chi connectivity index (χ1n) is 11.2. The van der Waals surface area contributed by atoms with Crippen molar-refractivity contribution in [3.8, 4) is 5.75 Å². The fraction of sp³-hybridized carbons (Fsp3) is 0.259. The van der Waals surface area contributed by atoms with Crippen LogP contribution in [0.25, 0.3) is 0 Å². The van der Waals surface area contributed by atoms with Crippen molar-refractivity contribution in [1.82, 2.24) is 10.2 Å². The number of carbonyl (C=O) groups excluding carboxylic acids is 2. The van der Waals surface area contributed by atoms with Gasteiger partial charge in [0, 0.05) is 31.2 Å². The monoisotopic (exact) mass is 443 g/mol. The Morgan fingerprint density at radius 1 is 0.909 bits per heavy atom. The number of hydrogen-bond acceptors (Lipinski definition) is 4. The second kappa shape index (κ2) is 10.7. The van der Waals surface area contributed by atoms with Crippen molar-refractivity contribution >= 4 is 23.2 Å². The molecule has 170 valence electrons. The lowest BCUT2D eigenvalue weighted by atomic mass is 9.95. The van der Waals surface area contributed by atoms with E-state index in [0.717, 1.165) is 22.7 Å². The van der Waals surface area contributed by atoms with Gasteiger partial charge in [-0.2, -0.15) is 0 Å². The van der Waals surface area contributed by atoms with E-state index < -0.39 is 0 Å². The minimum Gasteiger partial charge on any atom is -0.497 e. The second-order valence-corrected chi connectivity index (χ2v) is 8.17. The van der Waals surface area contributed by atoms with Crippen LogP contribution in [0.3, 0.4) is 0 Å². The summed E-state index contributed by atoms with van der Waals surface area (Å²) < 4.78 is 5.21. The van der Waals surface area contributed by atoms with Crippen molar-refractivity contribution in [1.29, 1.82) is 0 Å². The summed E-state index contributed by atoms with van der Waals surface area (Å²) in [6, 6.07) is 25.0. The van der Waals surface area contributed by atoms with Crippen molar-refractivity contribution in [2.75, 3.05) is 25.5 Å². The number of hydrogen-bond donors (Lipinski definition) is 2. The molecule has 4 rings (SSSR count). The van der Waals surface area contributed by atoms with Gasteiger partial charge < -0.3 is 20.3 Å². The molecule has 2 amide bonds. The summed E-state index contributed by atoms with van der Waals surface area (Å²) in [5, 5.41) is 6.36. The Bertz CT molecular complexity index is 1080.